The summed E-state index contributed by atoms with van der Waals surface area (Å²) in [6.07, 6.45) is -1.84. The Kier molecular flexibility index (Phi) is 6.55. The second-order valence-electron chi connectivity index (χ2n) is 11.1. The predicted molar refractivity (Wildman–Crippen MR) is 153 cm³/mol. The first-order valence-corrected chi connectivity index (χ1v) is 14.0. The third-order valence-electron chi connectivity index (χ3n) is 8.22. The van der Waals surface area contributed by atoms with Crippen molar-refractivity contribution in [3.05, 3.63) is 83.9 Å². The number of halogens is 2. The lowest BCUT2D eigenvalue weighted by atomic mass is 10.0. The van der Waals surface area contributed by atoms with E-state index >= 15 is 0 Å². The highest BCUT2D eigenvalue weighted by Gasteiger charge is 2.32. The number of hydrogen-bond acceptors (Lipinski definition) is 5. The van der Waals surface area contributed by atoms with Crippen molar-refractivity contribution in [2.45, 2.75) is 49.9 Å². The number of ketones is 1. The van der Waals surface area contributed by atoms with Gasteiger partial charge < -0.3 is 25.3 Å². The van der Waals surface area contributed by atoms with Gasteiger partial charge in [-0.3, -0.25) is 9.59 Å². The van der Waals surface area contributed by atoms with Gasteiger partial charge in [-0.2, -0.15) is 0 Å². The quantitative estimate of drug-likeness (QED) is 0.321. The number of hydrogen-bond donors (Lipinski definition) is 3. The van der Waals surface area contributed by atoms with E-state index < -0.39 is 30.7 Å². The molecule has 0 aliphatic carbocycles. The number of nitrogens with zero attached hydrogens (tertiary/aromatic N) is 1. The van der Waals surface area contributed by atoms with Gasteiger partial charge in [-0.1, -0.05) is 36.4 Å². The fourth-order valence-corrected chi connectivity index (χ4v) is 6.16. The number of carbonyl (C=O) groups is 2. The van der Waals surface area contributed by atoms with E-state index in [0.717, 1.165) is 33.3 Å². The summed E-state index contributed by atoms with van der Waals surface area (Å²) in [6.45, 7) is 0.406. The van der Waals surface area contributed by atoms with E-state index in [2.05, 4.69) is 26.6 Å². The Balaban J connectivity index is 1.23. The lowest BCUT2D eigenvalue weighted by Crippen LogP contribution is -2.35. The number of anilines is 1. The van der Waals surface area contributed by atoms with Crippen LogP contribution >= 0.6 is 0 Å². The van der Waals surface area contributed by atoms with E-state index in [1.807, 2.05) is 66.7 Å². The third-order valence-corrected chi connectivity index (χ3v) is 8.22. The molecule has 0 saturated carbocycles. The minimum absolute atomic E-state index is 0.00581. The summed E-state index contributed by atoms with van der Waals surface area (Å²) in [7, 11) is 0. The Morgan fingerprint density at radius 3 is 2.39 bits per heavy atom. The zero-order chi connectivity index (χ0) is 28.1. The Morgan fingerprint density at radius 2 is 1.66 bits per heavy atom. The molecule has 41 heavy (non-hydrogen) atoms. The van der Waals surface area contributed by atoms with Crippen LogP contribution in [0.4, 0.5) is 14.5 Å². The van der Waals surface area contributed by atoms with E-state index in [4.69, 9.17) is 4.74 Å². The Bertz CT molecular complexity index is 1640. The summed E-state index contributed by atoms with van der Waals surface area (Å²) in [5.74, 6) is 0.346. The maximum Gasteiger partial charge on any atom is 0.241 e. The summed E-state index contributed by atoms with van der Waals surface area (Å²) in [6, 6.07) is 22.5. The number of ether oxygens (including phenoxy) is 1. The number of nitrogens with one attached hydrogen (secondary N) is 3. The van der Waals surface area contributed by atoms with Crippen molar-refractivity contribution in [1.29, 1.82) is 0 Å². The van der Waals surface area contributed by atoms with E-state index in [-0.39, 0.29) is 44.0 Å². The number of amides is 1. The van der Waals surface area contributed by atoms with Crippen molar-refractivity contribution >= 4 is 28.3 Å². The van der Waals surface area contributed by atoms with E-state index in [9.17, 15) is 18.4 Å². The molecule has 7 rings (SSSR count). The summed E-state index contributed by atoms with van der Waals surface area (Å²) >= 11 is 0. The zero-order valence-corrected chi connectivity index (χ0v) is 22.3. The van der Waals surface area contributed by atoms with Crippen LogP contribution in [0.15, 0.2) is 72.8 Å². The first kappa shape index (κ1) is 25.9. The van der Waals surface area contributed by atoms with Gasteiger partial charge in [-0.05, 0) is 35.9 Å². The molecule has 0 radical (unpaired) electrons. The van der Waals surface area contributed by atoms with Crippen molar-refractivity contribution in [1.82, 2.24) is 15.2 Å². The van der Waals surface area contributed by atoms with Gasteiger partial charge in [0.15, 0.2) is 5.78 Å². The van der Waals surface area contributed by atoms with Crippen LogP contribution < -0.4 is 20.7 Å². The highest BCUT2D eigenvalue weighted by molar-refractivity contribution is 5.96. The van der Waals surface area contributed by atoms with E-state index in [1.165, 1.54) is 0 Å². The molecule has 4 aromatic rings. The number of benzene rings is 3. The van der Waals surface area contributed by atoms with E-state index in [1.54, 1.807) is 0 Å². The molecule has 3 aromatic carbocycles. The second-order valence-corrected chi connectivity index (χ2v) is 11.1. The lowest BCUT2D eigenvalue weighted by molar-refractivity contribution is -0.120. The maximum absolute atomic E-state index is 13.6. The van der Waals surface area contributed by atoms with Gasteiger partial charge in [0.1, 0.15) is 18.1 Å². The summed E-state index contributed by atoms with van der Waals surface area (Å²) < 4.78 is 36.0. The molecule has 0 spiro atoms. The largest absolute Gasteiger partial charge is 0.465 e. The van der Waals surface area contributed by atoms with Crippen molar-refractivity contribution in [3.8, 4) is 17.0 Å². The minimum atomic E-state index is -1.02. The van der Waals surface area contributed by atoms with Crippen LogP contribution in [-0.2, 0) is 16.0 Å². The van der Waals surface area contributed by atoms with Crippen molar-refractivity contribution < 1.29 is 23.1 Å². The van der Waals surface area contributed by atoms with Gasteiger partial charge in [-0.15, -0.1) is 0 Å². The lowest BCUT2D eigenvalue weighted by Gasteiger charge is -2.30. The molecule has 1 aromatic heterocycles. The molecule has 4 heterocycles. The molecular formula is C32H30F2N4O3. The number of Topliss-reactive ketones (excluding diaryl/α,β-unsaturated/α-hetero) is 1. The Morgan fingerprint density at radius 1 is 0.902 bits per heavy atom. The normalized spacial score (nSPS) is 25.0. The van der Waals surface area contributed by atoms with E-state index in [0.29, 0.717) is 11.4 Å². The molecule has 3 N–H and O–H groups in total. The highest BCUT2D eigenvalue weighted by Crippen LogP contribution is 2.45. The van der Waals surface area contributed by atoms with Gasteiger partial charge >= 0.3 is 0 Å². The van der Waals surface area contributed by atoms with Gasteiger partial charge in [0.2, 0.25) is 12.1 Å². The average molecular weight is 557 g/mol. The Hall–Kier alpha value is -4.08. The molecule has 2 fully saturated rings. The van der Waals surface area contributed by atoms with Crippen LogP contribution in [0.3, 0.4) is 0 Å². The average Bonchev–Trinajstić information content (AvgIpc) is 3.71. The zero-order valence-electron chi connectivity index (χ0n) is 22.3. The fraction of sp³-hybridized carbons (Fsp3) is 0.312. The molecule has 1 unspecified atom stereocenters. The standard InChI is InChI=1S/C32H30F2N4O3/c33-21-13-25(35-16-21)29(39)11-18-6-9-27-20(10-18)12-28-24-8-7-23(37-31(40)26-14-22(34)17-36-26)15-30(24)41-32(38(27)28)19-4-2-1-3-5-19/h1-10,12,15,21-22,25-26,32,35-36H,11,13-14,16-17H2,(H,37,40)/t21-,22+,25-,26-,32?/m0/s1. The smallest absolute Gasteiger partial charge is 0.241 e. The molecular weight excluding hydrogens is 526 g/mol. The van der Waals surface area contributed by atoms with Gasteiger partial charge in [0.05, 0.1) is 23.3 Å². The van der Waals surface area contributed by atoms with Gasteiger partial charge in [-0.25, -0.2) is 8.78 Å². The van der Waals surface area contributed by atoms with Crippen molar-refractivity contribution in [2.75, 3.05) is 18.4 Å². The van der Waals surface area contributed by atoms with Crippen LogP contribution in [0.25, 0.3) is 22.2 Å². The number of aromatic nitrogens is 1. The number of alkyl halides is 2. The maximum atomic E-state index is 13.6. The number of rotatable bonds is 6. The van der Waals surface area contributed by atoms with Crippen LogP contribution in [0, 0.1) is 0 Å². The molecule has 1 amide bonds. The van der Waals surface area contributed by atoms with Crippen LogP contribution in [0.2, 0.25) is 0 Å². The monoisotopic (exact) mass is 556 g/mol. The molecule has 3 aliphatic rings. The fourth-order valence-electron chi connectivity index (χ4n) is 6.16. The molecule has 0 bridgehead atoms. The molecule has 7 nitrogen and oxygen atoms in total. The second kappa shape index (κ2) is 10.4. The summed E-state index contributed by atoms with van der Waals surface area (Å²) in [4.78, 5) is 25.5. The summed E-state index contributed by atoms with van der Waals surface area (Å²) in [5.41, 5.74) is 5.20. The molecule has 2 saturated heterocycles. The van der Waals surface area contributed by atoms with Crippen LogP contribution in [0.1, 0.15) is 30.2 Å². The number of carbonyl (C=O) groups excluding carboxylic acids is 2. The molecule has 5 atom stereocenters. The first-order chi connectivity index (χ1) is 19.9. The van der Waals surface area contributed by atoms with Crippen LogP contribution in [0.5, 0.6) is 5.75 Å². The van der Waals surface area contributed by atoms with Gasteiger partial charge in [0.25, 0.3) is 0 Å². The SMILES string of the molecule is O=C(Cc1ccc2c(c1)cc1n2C(c2ccccc2)Oc2cc(NC(=O)[C@@H]3C[C@@H](F)CN3)ccc2-1)[C@@H]1C[C@H](F)CN1. The van der Waals surface area contributed by atoms with Crippen LogP contribution in [-0.4, -0.2) is 53.8 Å². The Labute approximate surface area is 235 Å². The summed E-state index contributed by atoms with van der Waals surface area (Å²) in [5, 5.41) is 9.76. The minimum Gasteiger partial charge on any atom is -0.465 e. The third kappa shape index (κ3) is 4.89. The topological polar surface area (TPSA) is 84.4 Å². The first-order valence-electron chi connectivity index (χ1n) is 14.0. The highest BCUT2D eigenvalue weighted by atomic mass is 19.1. The predicted octanol–water partition coefficient (Wildman–Crippen LogP) is 4.70. The van der Waals surface area contributed by atoms with Crippen molar-refractivity contribution in [3.63, 3.8) is 0 Å². The molecule has 9 heteroatoms. The number of fused-ring (bicyclic) bond motifs is 5. The van der Waals surface area contributed by atoms with Gasteiger partial charge in [0, 0.05) is 60.6 Å². The molecule has 3 aliphatic heterocycles. The van der Waals surface area contributed by atoms with Crippen molar-refractivity contribution in [2.24, 2.45) is 0 Å². The molecule has 210 valence electrons.